The average molecular weight is 218 g/mol. The summed E-state index contributed by atoms with van der Waals surface area (Å²) in [6.45, 7) is 6.64. The first-order valence-corrected chi connectivity index (χ1v) is 6.87. The molecule has 1 aliphatic rings. The number of nitrogens with zero attached hydrogens (tertiary/aromatic N) is 2. The zero-order valence-corrected chi connectivity index (χ0v) is 10.6. The summed E-state index contributed by atoms with van der Waals surface area (Å²) in [6, 6.07) is 0. The minimum Gasteiger partial charge on any atom is -0.296 e. The Morgan fingerprint density at radius 3 is 1.69 bits per heavy atom. The molecule has 1 aliphatic heterocycles. The summed E-state index contributed by atoms with van der Waals surface area (Å²) in [6.07, 6.45) is 5.98. The molecule has 0 unspecified atom stereocenters. The quantitative estimate of drug-likeness (QED) is 0.671. The van der Waals surface area contributed by atoms with E-state index in [2.05, 4.69) is 41.9 Å². The van der Waals surface area contributed by atoms with Gasteiger partial charge in [0.2, 0.25) is 0 Å². The summed E-state index contributed by atoms with van der Waals surface area (Å²) in [5.74, 6) is 0. The summed E-state index contributed by atoms with van der Waals surface area (Å²) in [4.78, 5) is 0. The van der Waals surface area contributed by atoms with Gasteiger partial charge in [0.05, 0.1) is 0 Å². The third-order valence-electron chi connectivity index (χ3n) is 2.48. The highest BCUT2D eigenvalue weighted by Crippen LogP contribution is 2.38. The van der Waals surface area contributed by atoms with E-state index >= 15 is 0 Å². The van der Waals surface area contributed by atoms with Crippen LogP contribution in [0.1, 0.15) is 27.2 Å². The van der Waals surface area contributed by atoms with Crippen LogP contribution in [0, 0.1) is 0 Å². The van der Waals surface area contributed by atoms with E-state index in [9.17, 15) is 0 Å². The van der Waals surface area contributed by atoms with E-state index in [4.69, 9.17) is 0 Å². The smallest absolute Gasteiger partial charge is 0.122 e. The second-order valence-electron chi connectivity index (χ2n) is 3.08. The molecule has 76 valence electrons. The molecule has 0 aromatic rings. The topological polar surface area (TPSA) is 6.48 Å². The van der Waals surface area contributed by atoms with Crippen molar-refractivity contribution in [3.8, 4) is 0 Å². The van der Waals surface area contributed by atoms with E-state index in [0.717, 1.165) is 6.42 Å². The highest BCUT2D eigenvalue weighted by Gasteiger charge is 2.32. The van der Waals surface area contributed by atoms with E-state index in [0.29, 0.717) is 6.17 Å². The van der Waals surface area contributed by atoms with Crippen molar-refractivity contribution in [1.29, 1.82) is 0 Å². The fraction of sp³-hybridized carbons (Fsp3) is 0.778. The molecule has 0 aromatic carbocycles. The highest BCUT2D eigenvalue weighted by molar-refractivity contribution is 7.97. The van der Waals surface area contributed by atoms with Gasteiger partial charge in [0, 0.05) is 23.9 Å². The molecule has 0 saturated carbocycles. The lowest BCUT2D eigenvalue weighted by Crippen LogP contribution is -2.31. The molecule has 0 amide bonds. The number of rotatable bonds is 3. The molecule has 0 fully saturated rings. The van der Waals surface area contributed by atoms with Crippen molar-refractivity contribution < 1.29 is 0 Å². The molecular weight excluding hydrogens is 200 g/mol. The van der Waals surface area contributed by atoms with Gasteiger partial charge in [-0.15, -0.1) is 0 Å². The van der Waals surface area contributed by atoms with Gasteiger partial charge >= 0.3 is 0 Å². The molecule has 0 bridgehead atoms. The summed E-state index contributed by atoms with van der Waals surface area (Å²) in [5, 5.41) is 0. The van der Waals surface area contributed by atoms with Gasteiger partial charge in [0.1, 0.15) is 6.17 Å². The van der Waals surface area contributed by atoms with E-state index in [1.807, 2.05) is 23.9 Å². The van der Waals surface area contributed by atoms with Crippen LogP contribution in [-0.2, 0) is 0 Å². The van der Waals surface area contributed by atoms with Crippen LogP contribution in [0.15, 0.2) is 11.4 Å². The van der Waals surface area contributed by atoms with Crippen molar-refractivity contribution in [2.45, 2.75) is 33.4 Å². The predicted molar refractivity (Wildman–Crippen MR) is 63.2 cm³/mol. The molecule has 0 spiro atoms. The zero-order chi connectivity index (χ0) is 10.0. The molecule has 0 atom stereocenters. The largest absolute Gasteiger partial charge is 0.296 e. The van der Waals surface area contributed by atoms with E-state index in [1.165, 1.54) is 11.4 Å². The molecule has 1 heterocycles. The van der Waals surface area contributed by atoms with Gasteiger partial charge < -0.3 is 0 Å². The lowest BCUT2D eigenvalue weighted by atomic mass is 10.4. The normalized spacial score (nSPS) is 19.2. The molecule has 0 radical (unpaired) electrons. The average Bonchev–Trinajstić information content (AvgIpc) is 2.38. The first-order valence-electron chi connectivity index (χ1n) is 4.51. The van der Waals surface area contributed by atoms with Crippen LogP contribution in [0.5, 0.6) is 0 Å². The fourth-order valence-electron chi connectivity index (χ4n) is 1.71. The maximum atomic E-state index is 2.39. The summed E-state index contributed by atoms with van der Waals surface area (Å²) >= 11 is 3.63. The number of allylic oxidation sites excluding steroid dienone is 2. The van der Waals surface area contributed by atoms with Gasteiger partial charge in [-0.1, -0.05) is 30.8 Å². The number of hydrogen-bond donors (Lipinski definition) is 0. The van der Waals surface area contributed by atoms with Crippen LogP contribution in [-0.4, -0.2) is 27.3 Å². The van der Waals surface area contributed by atoms with Crippen molar-refractivity contribution in [3.63, 3.8) is 0 Å². The van der Waals surface area contributed by atoms with E-state index in [1.54, 1.807) is 0 Å². The lowest BCUT2D eigenvalue weighted by Gasteiger charge is -2.30. The summed E-state index contributed by atoms with van der Waals surface area (Å²) in [5.41, 5.74) is 2.79. The second-order valence-corrected chi connectivity index (χ2v) is 4.59. The van der Waals surface area contributed by atoms with Gasteiger partial charge in [0.15, 0.2) is 0 Å². The van der Waals surface area contributed by atoms with Crippen LogP contribution in [0.3, 0.4) is 0 Å². The Morgan fingerprint density at radius 2 is 1.46 bits per heavy atom. The fourth-order valence-corrected chi connectivity index (χ4v) is 3.56. The van der Waals surface area contributed by atoms with Crippen molar-refractivity contribution in [2.75, 3.05) is 12.5 Å². The predicted octanol–water partition coefficient (Wildman–Crippen LogP) is 3.15. The van der Waals surface area contributed by atoms with E-state index < -0.39 is 0 Å². The number of hydrogen-bond acceptors (Lipinski definition) is 4. The molecule has 2 nitrogen and oxygen atoms in total. The summed E-state index contributed by atoms with van der Waals surface area (Å²) in [7, 11) is 0. The molecule has 0 N–H and O–H groups in total. The second kappa shape index (κ2) is 4.51. The molecule has 4 heteroatoms. The summed E-state index contributed by atoms with van der Waals surface area (Å²) < 4.78 is 4.79. The molecule has 0 saturated heterocycles. The minimum absolute atomic E-state index is 0.532. The monoisotopic (exact) mass is 218 g/mol. The van der Waals surface area contributed by atoms with Crippen molar-refractivity contribution in [3.05, 3.63) is 11.4 Å². The molecule has 0 aliphatic carbocycles. The van der Waals surface area contributed by atoms with Crippen molar-refractivity contribution >= 4 is 23.9 Å². The third-order valence-corrected chi connectivity index (χ3v) is 4.31. The van der Waals surface area contributed by atoms with Crippen LogP contribution in [0.25, 0.3) is 0 Å². The molecule has 1 rings (SSSR count). The van der Waals surface area contributed by atoms with Crippen LogP contribution >= 0.6 is 23.9 Å². The Balaban J connectivity index is 2.88. The van der Waals surface area contributed by atoms with Crippen LogP contribution in [0.2, 0.25) is 0 Å². The zero-order valence-electron chi connectivity index (χ0n) is 9.00. The Hall–Kier alpha value is 0.0400. The molecule has 13 heavy (non-hydrogen) atoms. The Labute approximate surface area is 90.0 Å². The van der Waals surface area contributed by atoms with Crippen molar-refractivity contribution in [1.82, 2.24) is 8.61 Å². The Bertz CT molecular complexity index is 196. The third kappa shape index (κ3) is 1.79. The van der Waals surface area contributed by atoms with Crippen molar-refractivity contribution in [2.24, 2.45) is 0 Å². The van der Waals surface area contributed by atoms with Gasteiger partial charge in [-0.05, 0) is 20.3 Å². The van der Waals surface area contributed by atoms with Gasteiger partial charge in [-0.25, -0.2) is 0 Å². The first kappa shape index (κ1) is 11.1. The lowest BCUT2D eigenvalue weighted by molar-refractivity contribution is 0.316. The molecular formula is C9H18N2S2. The van der Waals surface area contributed by atoms with Crippen LogP contribution in [0.4, 0.5) is 0 Å². The van der Waals surface area contributed by atoms with Crippen LogP contribution < -0.4 is 0 Å². The highest BCUT2D eigenvalue weighted by atomic mass is 32.2. The molecule has 0 aromatic heterocycles. The van der Waals surface area contributed by atoms with Gasteiger partial charge in [0.25, 0.3) is 0 Å². The maximum absolute atomic E-state index is 2.39. The Morgan fingerprint density at radius 1 is 1.08 bits per heavy atom. The minimum atomic E-state index is 0.532. The maximum Gasteiger partial charge on any atom is 0.122 e. The van der Waals surface area contributed by atoms with E-state index in [-0.39, 0.29) is 0 Å². The standard InChI is InChI=1S/C9H18N2S2/c1-6-9-10(12-4)7(2)8(3)11(9)13-5/h9H,6H2,1-5H3. The van der Waals surface area contributed by atoms with Gasteiger partial charge in [-0.2, -0.15) is 0 Å². The van der Waals surface area contributed by atoms with Gasteiger partial charge in [-0.3, -0.25) is 8.61 Å². The SMILES string of the molecule is CCC1N(SC)C(C)=C(C)N1SC. The first-order chi connectivity index (χ1) is 6.17. The Kier molecular flexibility index (Phi) is 3.86.